The van der Waals surface area contributed by atoms with Crippen molar-refractivity contribution in [1.82, 2.24) is 5.32 Å². The Morgan fingerprint density at radius 3 is 2.60 bits per heavy atom. The number of carbonyl (C=O) groups is 1. The molecule has 58 valence electrons. The molecule has 1 atom stereocenters. The summed E-state index contributed by atoms with van der Waals surface area (Å²) in [5.74, 6) is 0. The van der Waals surface area contributed by atoms with Crippen LogP contribution in [-0.4, -0.2) is 24.3 Å². The zero-order valence-electron chi connectivity index (χ0n) is 5.84. The van der Waals surface area contributed by atoms with Crippen LogP contribution < -0.4 is 5.32 Å². The van der Waals surface area contributed by atoms with E-state index in [0.29, 0.717) is 0 Å². The second-order valence-electron chi connectivity index (χ2n) is 1.68. The molecule has 4 nitrogen and oxygen atoms in total. The number of nitrogens with one attached hydrogen (secondary N) is 2. The number of carbonyl (C=O) groups excluding carboxylic acids is 1. The first-order valence-corrected chi connectivity index (χ1v) is 3.18. The predicted octanol–water partition coefficient (Wildman–Crippen LogP) is 0.638. The lowest BCUT2D eigenvalue weighted by Crippen LogP contribution is -2.27. The van der Waals surface area contributed by atoms with E-state index in [4.69, 9.17) is 5.41 Å². The average molecular weight is 162 g/mol. The van der Waals surface area contributed by atoms with Gasteiger partial charge < -0.3 is 10.1 Å². The summed E-state index contributed by atoms with van der Waals surface area (Å²) in [6.45, 7) is 1.57. The van der Waals surface area contributed by atoms with Crippen molar-refractivity contribution in [1.29, 1.82) is 5.41 Å². The number of ether oxygens (including phenoxy) is 1. The van der Waals surface area contributed by atoms with Crippen molar-refractivity contribution in [2.75, 3.05) is 7.05 Å². The minimum Gasteiger partial charge on any atom is -0.439 e. The van der Waals surface area contributed by atoms with Crippen LogP contribution in [0.5, 0.6) is 0 Å². The largest absolute Gasteiger partial charge is 0.439 e. The van der Waals surface area contributed by atoms with Crippen LogP contribution in [0, 0.1) is 5.41 Å². The molecule has 0 rings (SSSR count). The van der Waals surface area contributed by atoms with E-state index < -0.39 is 12.2 Å². The van der Waals surface area contributed by atoms with Gasteiger partial charge in [-0.05, 0) is 6.92 Å². The molecule has 0 spiro atoms. The molecule has 0 heterocycles. The molecule has 0 bridgehead atoms. The van der Waals surface area contributed by atoms with Gasteiger partial charge in [0.2, 0.25) is 0 Å². The van der Waals surface area contributed by atoms with Gasteiger partial charge in [0.15, 0.2) is 0 Å². The summed E-state index contributed by atoms with van der Waals surface area (Å²) in [6, 6.07) is 0. The summed E-state index contributed by atoms with van der Waals surface area (Å²) in [5, 5.41) is 9.22. The Morgan fingerprint density at radius 1 is 1.80 bits per heavy atom. The third kappa shape index (κ3) is 3.34. The Balaban J connectivity index is 3.68. The Bertz CT molecular complexity index is 149. The normalized spacial score (nSPS) is 11.9. The van der Waals surface area contributed by atoms with Crippen LogP contribution in [0.4, 0.5) is 4.79 Å². The lowest BCUT2D eigenvalue weighted by Gasteiger charge is -2.09. The quantitative estimate of drug-likeness (QED) is 0.317. The van der Waals surface area contributed by atoms with Crippen LogP contribution in [0.1, 0.15) is 6.92 Å². The summed E-state index contributed by atoms with van der Waals surface area (Å²) >= 11 is 3.68. The Hall–Kier alpha value is -0.710. The molecule has 0 aromatic rings. The molecule has 0 aliphatic rings. The zero-order valence-corrected chi connectivity index (χ0v) is 6.74. The smallest absolute Gasteiger partial charge is 0.407 e. The van der Waals surface area contributed by atoms with E-state index in [9.17, 15) is 4.79 Å². The average Bonchev–Trinajstić information content (AvgIpc) is 1.87. The molecule has 2 N–H and O–H groups in total. The van der Waals surface area contributed by atoms with Crippen LogP contribution in [0.15, 0.2) is 0 Å². The van der Waals surface area contributed by atoms with Gasteiger partial charge in [0.25, 0.3) is 0 Å². The molecule has 0 aromatic carbocycles. The second-order valence-corrected chi connectivity index (χ2v) is 2.16. The third-order valence-corrected chi connectivity index (χ3v) is 1.24. The predicted molar refractivity (Wildman–Crippen MR) is 41.7 cm³/mol. The topological polar surface area (TPSA) is 62.2 Å². The van der Waals surface area contributed by atoms with Crippen LogP contribution >= 0.6 is 12.6 Å². The van der Waals surface area contributed by atoms with Crippen LogP contribution in [0.2, 0.25) is 0 Å². The first-order chi connectivity index (χ1) is 4.57. The summed E-state index contributed by atoms with van der Waals surface area (Å²) in [7, 11) is 1.46. The molecule has 5 heteroatoms. The lowest BCUT2D eigenvalue weighted by atomic mass is 10.4. The molecule has 10 heavy (non-hydrogen) atoms. The van der Waals surface area contributed by atoms with Gasteiger partial charge in [0, 0.05) is 7.05 Å². The molecule has 0 aliphatic carbocycles. The highest BCUT2D eigenvalue weighted by Crippen LogP contribution is 1.95. The molecule has 1 amide bonds. The van der Waals surface area contributed by atoms with Crippen molar-refractivity contribution in [2.24, 2.45) is 0 Å². The highest BCUT2D eigenvalue weighted by Gasteiger charge is 2.08. The maximum Gasteiger partial charge on any atom is 0.407 e. The molecular formula is C5H10N2O2S. The van der Waals surface area contributed by atoms with Crippen LogP contribution in [0.3, 0.4) is 0 Å². The van der Waals surface area contributed by atoms with E-state index in [1.807, 2.05) is 0 Å². The number of hydrogen-bond acceptors (Lipinski definition) is 3. The summed E-state index contributed by atoms with van der Waals surface area (Å²) in [6.07, 6.45) is -1.12. The summed E-state index contributed by atoms with van der Waals surface area (Å²) < 4.78 is 4.61. The number of amides is 1. The van der Waals surface area contributed by atoms with E-state index in [-0.39, 0.29) is 5.04 Å². The monoisotopic (exact) mass is 162 g/mol. The maximum atomic E-state index is 10.5. The molecule has 0 aromatic heterocycles. The van der Waals surface area contributed by atoms with Gasteiger partial charge in [-0.3, -0.25) is 5.41 Å². The molecule has 0 saturated carbocycles. The Kier molecular flexibility index (Phi) is 3.87. The van der Waals surface area contributed by atoms with E-state index in [0.717, 1.165) is 0 Å². The molecule has 0 fully saturated rings. The fourth-order valence-electron chi connectivity index (χ4n) is 0.275. The van der Waals surface area contributed by atoms with Gasteiger partial charge in [-0.15, -0.1) is 12.6 Å². The first-order valence-electron chi connectivity index (χ1n) is 2.73. The van der Waals surface area contributed by atoms with Crippen LogP contribution in [-0.2, 0) is 4.74 Å². The van der Waals surface area contributed by atoms with E-state index in [1.54, 1.807) is 6.92 Å². The van der Waals surface area contributed by atoms with Crippen molar-refractivity contribution in [3.05, 3.63) is 0 Å². The summed E-state index contributed by atoms with van der Waals surface area (Å²) in [4.78, 5) is 10.5. The molecule has 1 unspecified atom stereocenters. The third-order valence-electron chi connectivity index (χ3n) is 0.873. The maximum absolute atomic E-state index is 10.5. The molecule has 0 radical (unpaired) electrons. The van der Waals surface area contributed by atoms with Gasteiger partial charge in [-0.25, -0.2) is 4.79 Å². The van der Waals surface area contributed by atoms with E-state index >= 15 is 0 Å². The zero-order chi connectivity index (χ0) is 8.15. The lowest BCUT2D eigenvalue weighted by molar-refractivity contribution is 0.137. The molecule has 0 saturated heterocycles. The minimum absolute atomic E-state index is 0.0311. The van der Waals surface area contributed by atoms with Crippen molar-refractivity contribution >= 4 is 23.8 Å². The SMILES string of the molecule is CNC(=O)OC(C)C(=N)S. The highest BCUT2D eigenvalue weighted by molar-refractivity contribution is 7.97. The highest BCUT2D eigenvalue weighted by atomic mass is 32.1. The minimum atomic E-state index is -0.566. The van der Waals surface area contributed by atoms with Gasteiger partial charge in [0.05, 0.1) is 0 Å². The summed E-state index contributed by atoms with van der Waals surface area (Å²) in [5.41, 5.74) is 0. The van der Waals surface area contributed by atoms with Gasteiger partial charge in [-0.1, -0.05) is 0 Å². The fraction of sp³-hybridized carbons (Fsp3) is 0.600. The Labute approximate surface area is 64.9 Å². The number of alkyl carbamates (subject to hydrolysis) is 1. The van der Waals surface area contributed by atoms with E-state index in [1.165, 1.54) is 7.05 Å². The number of hydrogen-bond donors (Lipinski definition) is 3. The standard InChI is InChI=1S/C5H10N2O2S/c1-3(4(6)10)9-5(8)7-2/h3H,1-2H3,(H2,6,10)(H,7,8). The van der Waals surface area contributed by atoms with E-state index in [2.05, 4.69) is 22.7 Å². The Morgan fingerprint density at radius 2 is 2.30 bits per heavy atom. The molecule has 0 aliphatic heterocycles. The van der Waals surface area contributed by atoms with Gasteiger partial charge >= 0.3 is 6.09 Å². The second kappa shape index (κ2) is 4.16. The van der Waals surface area contributed by atoms with Gasteiger partial charge in [0.1, 0.15) is 11.1 Å². The number of thiol groups is 1. The van der Waals surface area contributed by atoms with Crippen molar-refractivity contribution in [2.45, 2.75) is 13.0 Å². The first kappa shape index (κ1) is 9.29. The van der Waals surface area contributed by atoms with Crippen molar-refractivity contribution < 1.29 is 9.53 Å². The van der Waals surface area contributed by atoms with Crippen molar-refractivity contribution in [3.63, 3.8) is 0 Å². The number of rotatable bonds is 2. The van der Waals surface area contributed by atoms with Gasteiger partial charge in [-0.2, -0.15) is 0 Å². The fourth-order valence-corrected chi connectivity index (χ4v) is 0.328. The molecular weight excluding hydrogens is 152 g/mol. The van der Waals surface area contributed by atoms with Crippen LogP contribution in [0.25, 0.3) is 0 Å². The van der Waals surface area contributed by atoms with Crippen molar-refractivity contribution in [3.8, 4) is 0 Å².